The van der Waals surface area contributed by atoms with E-state index in [9.17, 15) is 4.79 Å². The molecule has 0 bridgehead atoms. The molecule has 0 heterocycles. The van der Waals surface area contributed by atoms with Crippen molar-refractivity contribution in [3.05, 3.63) is 48.0 Å². The first kappa shape index (κ1) is 19.6. The van der Waals surface area contributed by atoms with Gasteiger partial charge in [0.1, 0.15) is 17.2 Å². The Balaban J connectivity index is 2.17. The molecule has 0 aliphatic rings. The van der Waals surface area contributed by atoms with Crippen LogP contribution in [0.2, 0.25) is 0 Å². The van der Waals surface area contributed by atoms with Crippen LogP contribution in [-0.2, 0) is 10.2 Å². The molecule has 5 nitrogen and oxygen atoms in total. The molecule has 0 spiro atoms. The molecule has 140 valence electrons. The highest BCUT2D eigenvalue weighted by Gasteiger charge is 2.22. The lowest BCUT2D eigenvalue weighted by Crippen LogP contribution is -2.31. The fourth-order valence-electron chi connectivity index (χ4n) is 2.58. The van der Waals surface area contributed by atoms with Gasteiger partial charge in [-0.15, -0.1) is 0 Å². The molecule has 1 amide bonds. The van der Waals surface area contributed by atoms with E-state index in [1.54, 1.807) is 39.3 Å². The van der Waals surface area contributed by atoms with Crippen LogP contribution in [0.15, 0.2) is 42.5 Å². The second-order valence-corrected chi connectivity index (χ2v) is 7.06. The summed E-state index contributed by atoms with van der Waals surface area (Å²) in [6, 6.07) is 13.0. The molecule has 0 aliphatic heterocycles. The number of nitrogens with one attached hydrogen (secondary N) is 1. The number of para-hydroxylation sites is 1. The highest BCUT2D eigenvalue weighted by molar-refractivity contribution is 5.95. The number of methoxy groups -OCH3 is 2. The maximum Gasteiger partial charge on any atom is 0.265 e. The molecule has 1 unspecified atom stereocenters. The number of carbonyl (C=O) groups excluding carboxylic acids is 1. The third-order valence-corrected chi connectivity index (χ3v) is 4.03. The number of hydrogen-bond donors (Lipinski definition) is 1. The largest absolute Gasteiger partial charge is 0.497 e. The van der Waals surface area contributed by atoms with Crippen LogP contribution in [0.4, 0.5) is 5.69 Å². The molecule has 0 aliphatic carbocycles. The van der Waals surface area contributed by atoms with E-state index in [0.717, 1.165) is 5.56 Å². The number of benzene rings is 2. The van der Waals surface area contributed by atoms with Crippen molar-refractivity contribution in [3.8, 4) is 17.2 Å². The number of rotatable bonds is 6. The van der Waals surface area contributed by atoms with Crippen LogP contribution in [0.5, 0.6) is 17.2 Å². The molecule has 0 aromatic heterocycles. The van der Waals surface area contributed by atoms with Crippen molar-refractivity contribution in [1.82, 2.24) is 0 Å². The Labute approximate surface area is 155 Å². The lowest BCUT2D eigenvalue weighted by Gasteiger charge is -2.24. The fraction of sp³-hybridized carbons (Fsp3) is 0.381. The van der Waals surface area contributed by atoms with E-state index in [4.69, 9.17) is 14.2 Å². The number of carbonyl (C=O) groups is 1. The first-order valence-electron chi connectivity index (χ1n) is 8.55. The standard InChI is InChI=1S/C21H27NO4/c1-14(26-18-10-8-7-9-16(18)21(2,3)4)20(23)22-17-13-15(24-5)11-12-19(17)25-6/h7-14H,1-6H3,(H,22,23). The van der Waals surface area contributed by atoms with Crippen molar-refractivity contribution in [1.29, 1.82) is 0 Å². The summed E-state index contributed by atoms with van der Waals surface area (Å²) < 4.78 is 16.5. The monoisotopic (exact) mass is 357 g/mol. The maximum absolute atomic E-state index is 12.6. The summed E-state index contributed by atoms with van der Waals surface area (Å²) in [5.74, 6) is 1.63. The molecule has 1 N–H and O–H groups in total. The van der Waals surface area contributed by atoms with Crippen molar-refractivity contribution in [2.75, 3.05) is 19.5 Å². The van der Waals surface area contributed by atoms with Crippen molar-refractivity contribution in [2.45, 2.75) is 39.2 Å². The molecule has 2 aromatic rings. The third-order valence-electron chi connectivity index (χ3n) is 4.03. The fourth-order valence-corrected chi connectivity index (χ4v) is 2.58. The van der Waals surface area contributed by atoms with Gasteiger partial charge in [-0.05, 0) is 36.1 Å². The highest BCUT2D eigenvalue weighted by atomic mass is 16.5. The minimum atomic E-state index is -0.672. The first-order valence-corrected chi connectivity index (χ1v) is 8.55. The number of hydrogen-bond acceptors (Lipinski definition) is 4. The molecule has 2 rings (SSSR count). The van der Waals surface area contributed by atoms with Crippen LogP contribution >= 0.6 is 0 Å². The molecule has 0 saturated heterocycles. The van der Waals surface area contributed by atoms with E-state index >= 15 is 0 Å². The van der Waals surface area contributed by atoms with Gasteiger partial charge in [0.05, 0.1) is 19.9 Å². The molecular weight excluding hydrogens is 330 g/mol. The van der Waals surface area contributed by atoms with Crippen molar-refractivity contribution < 1.29 is 19.0 Å². The Morgan fingerprint density at radius 2 is 1.69 bits per heavy atom. The molecule has 26 heavy (non-hydrogen) atoms. The van der Waals surface area contributed by atoms with Gasteiger partial charge in [0.25, 0.3) is 5.91 Å². The van der Waals surface area contributed by atoms with Crippen molar-refractivity contribution in [2.24, 2.45) is 0 Å². The highest BCUT2D eigenvalue weighted by Crippen LogP contribution is 2.32. The van der Waals surface area contributed by atoms with Crippen LogP contribution in [0.1, 0.15) is 33.3 Å². The third kappa shape index (κ3) is 4.69. The summed E-state index contributed by atoms with van der Waals surface area (Å²) in [7, 11) is 3.12. The lowest BCUT2D eigenvalue weighted by molar-refractivity contribution is -0.122. The summed E-state index contributed by atoms with van der Waals surface area (Å²) in [4.78, 5) is 12.6. The molecule has 0 fully saturated rings. The predicted molar refractivity (Wildman–Crippen MR) is 103 cm³/mol. The predicted octanol–water partition coefficient (Wildman–Crippen LogP) is 4.41. The van der Waals surface area contributed by atoms with Gasteiger partial charge in [-0.25, -0.2) is 0 Å². The van der Waals surface area contributed by atoms with Crippen molar-refractivity contribution in [3.63, 3.8) is 0 Å². The second kappa shape index (κ2) is 8.13. The minimum absolute atomic E-state index is 0.0805. The quantitative estimate of drug-likeness (QED) is 0.832. The van der Waals surface area contributed by atoms with Gasteiger partial charge in [0.2, 0.25) is 0 Å². The second-order valence-electron chi connectivity index (χ2n) is 7.06. The number of anilines is 1. The lowest BCUT2D eigenvalue weighted by atomic mass is 9.86. The van der Waals surface area contributed by atoms with Crippen LogP contribution in [-0.4, -0.2) is 26.2 Å². The summed E-state index contributed by atoms with van der Waals surface area (Å²) in [5, 5.41) is 2.85. The Morgan fingerprint density at radius 1 is 1.00 bits per heavy atom. The molecule has 1 atom stereocenters. The summed E-state index contributed by atoms with van der Waals surface area (Å²) in [5.41, 5.74) is 1.51. The van der Waals surface area contributed by atoms with E-state index in [0.29, 0.717) is 22.9 Å². The van der Waals surface area contributed by atoms with Gasteiger partial charge in [-0.2, -0.15) is 0 Å². The maximum atomic E-state index is 12.6. The van der Waals surface area contributed by atoms with Crippen LogP contribution < -0.4 is 19.5 Å². The molecule has 0 radical (unpaired) electrons. The first-order chi connectivity index (χ1) is 12.3. The zero-order chi connectivity index (χ0) is 19.3. The molecule has 0 saturated carbocycles. The summed E-state index contributed by atoms with van der Waals surface area (Å²) >= 11 is 0. The van der Waals surface area contributed by atoms with Gasteiger partial charge in [-0.3, -0.25) is 4.79 Å². The minimum Gasteiger partial charge on any atom is -0.497 e. The SMILES string of the molecule is COc1ccc(OC)c(NC(=O)C(C)Oc2ccccc2C(C)(C)C)c1. The van der Waals surface area contributed by atoms with Crippen LogP contribution in [0.25, 0.3) is 0 Å². The molecule has 2 aromatic carbocycles. The topological polar surface area (TPSA) is 56.8 Å². The zero-order valence-corrected chi connectivity index (χ0v) is 16.3. The summed E-state index contributed by atoms with van der Waals surface area (Å²) in [6.07, 6.45) is -0.672. The van der Waals surface area contributed by atoms with E-state index in [1.807, 2.05) is 24.3 Å². The van der Waals surface area contributed by atoms with Gasteiger partial charge in [-0.1, -0.05) is 39.0 Å². The Kier molecular flexibility index (Phi) is 6.14. The Hall–Kier alpha value is -2.69. The van der Waals surface area contributed by atoms with Gasteiger partial charge in [0.15, 0.2) is 6.10 Å². The van der Waals surface area contributed by atoms with E-state index in [1.165, 1.54) is 0 Å². The van der Waals surface area contributed by atoms with E-state index in [-0.39, 0.29) is 11.3 Å². The normalized spacial score (nSPS) is 12.2. The van der Waals surface area contributed by atoms with Crippen molar-refractivity contribution >= 4 is 11.6 Å². The van der Waals surface area contributed by atoms with Gasteiger partial charge >= 0.3 is 0 Å². The molecular formula is C21H27NO4. The Bertz CT molecular complexity index is 765. The van der Waals surface area contributed by atoms with Crippen LogP contribution in [0.3, 0.4) is 0 Å². The van der Waals surface area contributed by atoms with Gasteiger partial charge in [0, 0.05) is 6.07 Å². The van der Waals surface area contributed by atoms with E-state index < -0.39 is 6.10 Å². The van der Waals surface area contributed by atoms with E-state index in [2.05, 4.69) is 26.1 Å². The smallest absolute Gasteiger partial charge is 0.265 e. The van der Waals surface area contributed by atoms with Crippen LogP contribution in [0, 0.1) is 0 Å². The number of amides is 1. The summed E-state index contributed by atoms with van der Waals surface area (Å²) in [6.45, 7) is 8.06. The Morgan fingerprint density at radius 3 is 2.31 bits per heavy atom. The van der Waals surface area contributed by atoms with Gasteiger partial charge < -0.3 is 19.5 Å². The molecule has 5 heteroatoms. The average Bonchev–Trinajstić information content (AvgIpc) is 2.61. The average molecular weight is 357 g/mol. The zero-order valence-electron chi connectivity index (χ0n) is 16.3. The number of ether oxygens (including phenoxy) is 3.